The van der Waals surface area contributed by atoms with E-state index >= 15 is 0 Å². The molecule has 0 amide bonds. The number of nitrogens with two attached hydrogens (primary N) is 1. The van der Waals surface area contributed by atoms with Crippen molar-refractivity contribution in [1.29, 1.82) is 0 Å². The van der Waals surface area contributed by atoms with Gasteiger partial charge in [0.2, 0.25) is 0 Å². The Kier molecular flexibility index (Phi) is 3.83. The standard InChI is InChI=1S/C12H17NO4/c1-6(2)9-7(12(14)15)5-8(16-3)11(17-4)10(9)13/h5-6H,13H2,1-4H3,(H,14,15). The maximum atomic E-state index is 11.2. The van der Waals surface area contributed by atoms with Crippen LogP contribution in [0.1, 0.15) is 35.7 Å². The van der Waals surface area contributed by atoms with Gasteiger partial charge < -0.3 is 20.3 Å². The SMILES string of the molecule is COc1cc(C(=O)O)c(C(C)C)c(N)c1OC. The number of hydrogen-bond acceptors (Lipinski definition) is 4. The first-order valence-electron chi connectivity index (χ1n) is 5.21. The Morgan fingerprint density at radius 1 is 1.35 bits per heavy atom. The van der Waals surface area contributed by atoms with Crippen molar-refractivity contribution in [2.75, 3.05) is 20.0 Å². The first-order chi connectivity index (χ1) is 7.93. The molecule has 94 valence electrons. The van der Waals surface area contributed by atoms with Crippen LogP contribution in [0.15, 0.2) is 6.07 Å². The van der Waals surface area contributed by atoms with Crippen LogP contribution in [0.4, 0.5) is 5.69 Å². The largest absolute Gasteiger partial charge is 0.493 e. The van der Waals surface area contributed by atoms with E-state index in [0.29, 0.717) is 22.7 Å². The maximum Gasteiger partial charge on any atom is 0.336 e. The second-order valence-electron chi connectivity index (χ2n) is 3.95. The van der Waals surface area contributed by atoms with Crippen LogP contribution in [0, 0.1) is 0 Å². The summed E-state index contributed by atoms with van der Waals surface area (Å²) in [5.41, 5.74) is 6.97. The summed E-state index contributed by atoms with van der Waals surface area (Å²) in [5.74, 6) is -0.338. The van der Waals surface area contributed by atoms with E-state index in [4.69, 9.17) is 15.2 Å². The predicted octanol–water partition coefficient (Wildman–Crippen LogP) is 2.11. The smallest absolute Gasteiger partial charge is 0.336 e. The topological polar surface area (TPSA) is 81.8 Å². The van der Waals surface area contributed by atoms with E-state index in [2.05, 4.69) is 0 Å². The van der Waals surface area contributed by atoms with Crippen LogP contribution in [0.2, 0.25) is 0 Å². The maximum absolute atomic E-state index is 11.2. The highest BCUT2D eigenvalue weighted by Crippen LogP contribution is 2.41. The number of methoxy groups -OCH3 is 2. The van der Waals surface area contributed by atoms with E-state index < -0.39 is 5.97 Å². The fraction of sp³-hybridized carbons (Fsp3) is 0.417. The van der Waals surface area contributed by atoms with Gasteiger partial charge in [-0.1, -0.05) is 13.8 Å². The number of anilines is 1. The number of rotatable bonds is 4. The van der Waals surface area contributed by atoms with Crippen LogP contribution >= 0.6 is 0 Å². The van der Waals surface area contributed by atoms with E-state index in [0.717, 1.165) is 0 Å². The van der Waals surface area contributed by atoms with Crippen LogP contribution < -0.4 is 15.2 Å². The number of aromatic carboxylic acids is 1. The van der Waals surface area contributed by atoms with Gasteiger partial charge in [-0.15, -0.1) is 0 Å². The van der Waals surface area contributed by atoms with E-state index in [-0.39, 0.29) is 11.5 Å². The number of carboxylic acid groups (broad SMARTS) is 1. The molecule has 0 fully saturated rings. The Labute approximate surface area is 100 Å². The lowest BCUT2D eigenvalue weighted by Crippen LogP contribution is -2.10. The van der Waals surface area contributed by atoms with Crippen molar-refractivity contribution in [3.63, 3.8) is 0 Å². The van der Waals surface area contributed by atoms with Gasteiger partial charge in [-0.3, -0.25) is 0 Å². The second kappa shape index (κ2) is 4.95. The second-order valence-corrected chi connectivity index (χ2v) is 3.95. The van der Waals surface area contributed by atoms with Crippen molar-refractivity contribution in [3.8, 4) is 11.5 Å². The minimum Gasteiger partial charge on any atom is -0.493 e. The van der Waals surface area contributed by atoms with Gasteiger partial charge in [-0.2, -0.15) is 0 Å². The van der Waals surface area contributed by atoms with E-state index in [9.17, 15) is 9.90 Å². The van der Waals surface area contributed by atoms with E-state index in [1.54, 1.807) is 0 Å². The van der Waals surface area contributed by atoms with Crippen molar-refractivity contribution in [1.82, 2.24) is 0 Å². The minimum absolute atomic E-state index is 0.0130. The van der Waals surface area contributed by atoms with Crippen LogP contribution in [-0.2, 0) is 0 Å². The molecule has 0 spiro atoms. The number of ether oxygens (including phenoxy) is 2. The molecule has 0 aliphatic heterocycles. The molecule has 0 heterocycles. The Hall–Kier alpha value is -1.91. The zero-order chi connectivity index (χ0) is 13.2. The fourth-order valence-electron chi connectivity index (χ4n) is 1.84. The molecule has 0 bridgehead atoms. The molecule has 17 heavy (non-hydrogen) atoms. The highest BCUT2D eigenvalue weighted by atomic mass is 16.5. The van der Waals surface area contributed by atoms with Crippen LogP contribution in [-0.4, -0.2) is 25.3 Å². The van der Waals surface area contributed by atoms with Crippen LogP contribution in [0.5, 0.6) is 11.5 Å². The molecule has 1 rings (SSSR count). The zero-order valence-corrected chi connectivity index (χ0v) is 10.4. The number of hydrogen-bond donors (Lipinski definition) is 2. The summed E-state index contributed by atoms with van der Waals surface area (Å²) >= 11 is 0. The summed E-state index contributed by atoms with van der Waals surface area (Å²) in [6.07, 6.45) is 0. The molecule has 0 atom stereocenters. The van der Waals surface area contributed by atoms with Gasteiger partial charge in [0, 0.05) is 0 Å². The van der Waals surface area contributed by atoms with Crippen LogP contribution in [0.25, 0.3) is 0 Å². The molecule has 0 aromatic heterocycles. The molecule has 0 aliphatic carbocycles. The average molecular weight is 239 g/mol. The molecule has 5 heteroatoms. The van der Waals surface area contributed by atoms with Gasteiger partial charge in [0.15, 0.2) is 11.5 Å². The molecule has 0 aliphatic rings. The number of carboxylic acids is 1. The molecule has 3 N–H and O–H groups in total. The zero-order valence-electron chi connectivity index (χ0n) is 10.4. The average Bonchev–Trinajstić information content (AvgIpc) is 2.26. The molecular formula is C12H17NO4. The normalized spacial score (nSPS) is 10.4. The third-order valence-corrected chi connectivity index (χ3v) is 2.56. The summed E-state index contributed by atoms with van der Waals surface area (Å²) in [7, 11) is 2.91. The lowest BCUT2D eigenvalue weighted by atomic mass is 9.94. The third-order valence-electron chi connectivity index (χ3n) is 2.56. The van der Waals surface area contributed by atoms with Crippen molar-refractivity contribution in [2.45, 2.75) is 19.8 Å². The van der Waals surface area contributed by atoms with Crippen molar-refractivity contribution in [3.05, 3.63) is 17.2 Å². The number of nitrogen functional groups attached to an aromatic ring is 1. The lowest BCUT2D eigenvalue weighted by Gasteiger charge is -2.18. The summed E-state index contributed by atoms with van der Waals surface area (Å²) in [4.78, 5) is 11.2. The van der Waals surface area contributed by atoms with Crippen molar-refractivity contribution >= 4 is 11.7 Å². The van der Waals surface area contributed by atoms with Gasteiger partial charge in [-0.05, 0) is 17.5 Å². The third kappa shape index (κ3) is 2.27. The van der Waals surface area contributed by atoms with E-state index in [1.165, 1.54) is 20.3 Å². The van der Waals surface area contributed by atoms with Gasteiger partial charge in [0.25, 0.3) is 0 Å². The van der Waals surface area contributed by atoms with Gasteiger partial charge in [0.05, 0.1) is 25.5 Å². The lowest BCUT2D eigenvalue weighted by molar-refractivity contribution is 0.0695. The Bertz CT molecular complexity index is 441. The molecule has 0 unspecified atom stereocenters. The predicted molar refractivity (Wildman–Crippen MR) is 65.0 cm³/mol. The molecule has 5 nitrogen and oxygen atoms in total. The highest BCUT2D eigenvalue weighted by Gasteiger charge is 2.22. The van der Waals surface area contributed by atoms with Crippen molar-refractivity contribution in [2.24, 2.45) is 0 Å². The number of benzene rings is 1. The fourth-order valence-corrected chi connectivity index (χ4v) is 1.84. The summed E-state index contributed by atoms with van der Waals surface area (Å²) in [6, 6.07) is 1.44. The quantitative estimate of drug-likeness (QED) is 0.786. The number of carbonyl (C=O) groups is 1. The highest BCUT2D eigenvalue weighted by molar-refractivity contribution is 5.93. The first kappa shape index (κ1) is 13.2. The Morgan fingerprint density at radius 2 is 1.94 bits per heavy atom. The van der Waals surface area contributed by atoms with Gasteiger partial charge in [0.1, 0.15) is 0 Å². The Balaban J connectivity index is 3.61. The monoisotopic (exact) mass is 239 g/mol. The van der Waals surface area contributed by atoms with E-state index in [1.807, 2.05) is 13.8 Å². The summed E-state index contributed by atoms with van der Waals surface area (Å²) in [5, 5.41) is 9.17. The Morgan fingerprint density at radius 3 is 2.29 bits per heavy atom. The summed E-state index contributed by atoms with van der Waals surface area (Å²) in [6.45, 7) is 3.76. The molecule has 0 saturated heterocycles. The van der Waals surface area contributed by atoms with Gasteiger partial charge in [-0.25, -0.2) is 4.79 Å². The first-order valence-corrected chi connectivity index (χ1v) is 5.21. The molecule has 0 radical (unpaired) electrons. The molecular weight excluding hydrogens is 222 g/mol. The van der Waals surface area contributed by atoms with Gasteiger partial charge >= 0.3 is 5.97 Å². The minimum atomic E-state index is -1.03. The van der Waals surface area contributed by atoms with Crippen molar-refractivity contribution < 1.29 is 19.4 Å². The summed E-state index contributed by atoms with van der Waals surface area (Å²) < 4.78 is 10.2. The molecule has 0 saturated carbocycles. The molecule has 1 aromatic carbocycles. The molecule has 1 aromatic rings. The van der Waals surface area contributed by atoms with Crippen LogP contribution in [0.3, 0.4) is 0 Å².